The lowest BCUT2D eigenvalue weighted by atomic mass is 9.96. The van der Waals surface area contributed by atoms with Gasteiger partial charge in [-0.15, -0.1) is 0 Å². The summed E-state index contributed by atoms with van der Waals surface area (Å²) in [5.74, 6) is 4.17. The molecule has 3 aromatic rings. The van der Waals surface area contributed by atoms with Gasteiger partial charge in [-0.3, -0.25) is 0 Å². The van der Waals surface area contributed by atoms with Crippen molar-refractivity contribution in [1.82, 2.24) is 19.1 Å². The molecule has 204 valence electrons. The van der Waals surface area contributed by atoms with Crippen LogP contribution in [0.2, 0.25) is 0 Å². The molecule has 2 saturated heterocycles. The molecule has 1 aromatic heterocycles. The Morgan fingerprint density at radius 3 is 2.32 bits per heavy atom. The van der Waals surface area contributed by atoms with Crippen LogP contribution in [0.1, 0.15) is 57.2 Å². The van der Waals surface area contributed by atoms with Gasteiger partial charge in [0.1, 0.15) is 17.3 Å². The molecule has 3 heterocycles. The number of rotatable bonds is 10. The normalized spacial score (nSPS) is 18.0. The molecule has 2 aliphatic rings. The van der Waals surface area contributed by atoms with E-state index in [9.17, 15) is 8.42 Å². The van der Waals surface area contributed by atoms with E-state index in [1.807, 2.05) is 61.5 Å². The highest BCUT2D eigenvalue weighted by Gasteiger charge is 2.31. The van der Waals surface area contributed by atoms with Gasteiger partial charge in [0.2, 0.25) is 10.0 Å². The van der Waals surface area contributed by atoms with Crippen LogP contribution < -0.4 is 4.74 Å². The third-order valence-electron chi connectivity index (χ3n) is 7.53. The van der Waals surface area contributed by atoms with E-state index < -0.39 is 10.0 Å². The molecule has 0 unspecified atom stereocenters. The molecule has 0 spiro atoms. The molecule has 2 aromatic carbocycles. The first-order valence-corrected chi connectivity index (χ1v) is 15.5. The highest BCUT2D eigenvalue weighted by molar-refractivity contribution is 7.89. The van der Waals surface area contributed by atoms with Gasteiger partial charge in [0, 0.05) is 44.3 Å². The van der Waals surface area contributed by atoms with Gasteiger partial charge in [0.15, 0.2) is 5.82 Å². The molecule has 8 nitrogen and oxygen atoms in total. The maximum absolute atomic E-state index is 12.7. The number of aromatic nitrogens is 3. The second kappa shape index (κ2) is 12.4. The van der Waals surface area contributed by atoms with Crippen LogP contribution in [0.3, 0.4) is 0 Å². The van der Waals surface area contributed by atoms with Crippen molar-refractivity contribution in [3.8, 4) is 22.9 Å². The van der Waals surface area contributed by atoms with E-state index >= 15 is 0 Å². The van der Waals surface area contributed by atoms with E-state index in [4.69, 9.17) is 19.6 Å². The third kappa shape index (κ3) is 6.62. The fraction of sp³-hybridized carbons (Fsp3) is 0.517. The summed E-state index contributed by atoms with van der Waals surface area (Å²) in [6.07, 6.45) is 5.16. The van der Waals surface area contributed by atoms with Crippen LogP contribution in [-0.2, 0) is 21.3 Å². The average Bonchev–Trinajstić information content (AvgIpc) is 3.37. The summed E-state index contributed by atoms with van der Waals surface area (Å²) in [5, 5.41) is 4.96. The Morgan fingerprint density at radius 2 is 1.63 bits per heavy atom. The van der Waals surface area contributed by atoms with Gasteiger partial charge in [0.25, 0.3) is 0 Å². The van der Waals surface area contributed by atoms with E-state index in [2.05, 4.69) is 4.68 Å². The van der Waals surface area contributed by atoms with E-state index in [1.165, 1.54) is 0 Å². The van der Waals surface area contributed by atoms with Crippen molar-refractivity contribution in [3.05, 3.63) is 60.4 Å². The third-order valence-corrected chi connectivity index (χ3v) is 9.49. The zero-order chi connectivity index (χ0) is 26.4. The van der Waals surface area contributed by atoms with Crippen LogP contribution in [0.5, 0.6) is 11.5 Å². The van der Waals surface area contributed by atoms with Gasteiger partial charge in [-0.05, 0) is 74.4 Å². The van der Waals surface area contributed by atoms with Gasteiger partial charge in [-0.2, -0.15) is 5.10 Å². The Balaban J connectivity index is 1.33. The number of piperidine rings is 1. The molecular weight excluding hydrogens is 500 g/mol. The highest BCUT2D eigenvalue weighted by Crippen LogP contribution is 2.32. The molecule has 2 aliphatic heterocycles. The Bertz CT molecular complexity index is 1260. The second-order valence-electron chi connectivity index (χ2n) is 10.3. The molecule has 0 saturated carbocycles. The van der Waals surface area contributed by atoms with E-state index in [0.717, 1.165) is 74.7 Å². The lowest BCUT2D eigenvalue weighted by molar-refractivity contribution is 0.0596. The first kappa shape index (κ1) is 26.8. The summed E-state index contributed by atoms with van der Waals surface area (Å²) in [5.41, 5.74) is 0.942. The molecule has 0 bridgehead atoms. The summed E-state index contributed by atoms with van der Waals surface area (Å²) in [7, 11) is -3.18. The van der Waals surface area contributed by atoms with Gasteiger partial charge in [-0.1, -0.05) is 31.5 Å². The van der Waals surface area contributed by atoms with Crippen molar-refractivity contribution in [2.24, 2.45) is 5.92 Å². The summed E-state index contributed by atoms with van der Waals surface area (Å²) in [6.45, 7) is 5.50. The number of unbranched alkanes of at least 4 members (excludes halogenated alkanes) is 1. The van der Waals surface area contributed by atoms with Crippen molar-refractivity contribution >= 4 is 10.0 Å². The largest absolute Gasteiger partial charge is 0.457 e. The smallest absolute Gasteiger partial charge is 0.214 e. The molecule has 9 heteroatoms. The number of para-hydroxylation sites is 1. The maximum Gasteiger partial charge on any atom is 0.214 e. The van der Waals surface area contributed by atoms with Crippen LogP contribution >= 0.6 is 0 Å². The molecule has 5 rings (SSSR count). The van der Waals surface area contributed by atoms with Crippen LogP contribution in [0.15, 0.2) is 54.6 Å². The van der Waals surface area contributed by atoms with Crippen molar-refractivity contribution < 1.29 is 17.9 Å². The lowest BCUT2D eigenvalue weighted by Gasteiger charge is -2.31. The zero-order valence-corrected chi connectivity index (χ0v) is 23.0. The van der Waals surface area contributed by atoms with Crippen LogP contribution in [0, 0.1) is 5.92 Å². The van der Waals surface area contributed by atoms with Gasteiger partial charge >= 0.3 is 0 Å². The maximum atomic E-state index is 12.7. The Hall–Kier alpha value is -2.75. The standard InChI is InChI=1S/C29H38N4O4S/c1-2-3-21-38(34,35)32-17-13-25(14-18-32)29-30-28(31-33(29)22-23-15-19-36-20-16-23)24-9-11-27(12-10-24)37-26-7-5-4-6-8-26/h4-12,23,25H,2-3,13-22H2,1H3. The quantitative estimate of drug-likeness (QED) is 0.340. The van der Waals surface area contributed by atoms with E-state index in [-0.39, 0.29) is 11.7 Å². The minimum atomic E-state index is -3.18. The molecular formula is C29H38N4O4S. The molecule has 2 fully saturated rings. The monoisotopic (exact) mass is 538 g/mol. The number of benzene rings is 2. The van der Waals surface area contributed by atoms with Crippen molar-refractivity contribution in [2.45, 2.75) is 57.9 Å². The number of ether oxygens (including phenoxy) is 2. The number of nitrogens with zero attached hydrogens (tertiary/aromatic N) is 4. The van der Waals surface area contributed by atoms with Crippen molar-refractivity contribution in [1.29, 1.82) is 0 Å². The molecule has 0 N–H and O–H groups in total. The van der Waals surface area contributed by atoms with Gasteiger partial charge in [-0.25, -0.2) is 22.4 Å². The molecule has 0 radical (unpaired) electrons. The summed E-state index contributed by atoms with van der Waals surface area (Å²) in [4.78, 5) is 5.03. The van der Waals surface area contributed by atoms with Gasteiger partial charge < -0.3 is 9.47 Å². The highest BCUT2D eigenvalue weighted by atomic mass is 32.2. The molecule has 0 aliphatic carbocycles. The average molecular weight is 539 g/mol. The van der Waals surface area contributed by atoms with Crippen molar-refractivity contribution in [3.63, 3.8) is 0 Å². The molecule has 38 heavy (non-hydrogen) atoms. The fourth-order valence-electron chi connectivity index (χ4n) is 5.23. The first-order valence-electron chi connectivity index (χ1n) is 13.9. The SMILES string of the molecule is CCCCS(=O)(=O)N1CCC(c2nc(-c3ccc(Oc4ccccc4)cc3)nn2CC2CCOCC2)CC1. The Labute approximate surface area is 226 Å². The fourth-order valence-corrected chi connectivity index (χ4v) is 6.91. The summed E-state index contributed by atoms with van der Waals surface area (Å²) >= 11 is 0. The minimum absolute atomic E-state index is 0.189. The van der Waals surface area contributed by atoms with Gasteiger partial charge in [0.05, 0.1) is 5.75 Å². The Morgan fingerprint density at radius 1 is 0.947 bits per heavy atom. The number of sulfonamides is 1. The molecule has 0 atom stereocenters. The van der Waals surface area contributed by atoms with Crippen molar-refractivity contribution in [2.75, 3.05) is 32.1 Å². The first-order chi connectivity index (χ1) is 18.5. The minimum Gasteiger partial charge on any atom is -0.457 e. The zero-order valence-electron chi connectivity index (χ0n) is 22.2. The topological polar surface area (TPSA) is 86.5 Å². The van der Waals surface area contributed by atoms with E-state index in [0.29, 0.717) is 31.3 Å². The van der Waals surface area contributed by atoms with E-state index in [1.54, 1.807) is 4.31 Å². The van der Waals surface area contributed by atoms with Crippen LogP contribution in [-0.4, -0.2) is 59.5 Å². The summed E-state index contributed by atoms with van der Waals surface area (Å²) in [6, 6.07) is 17.6. The van der Waals surface area contributed by atoms with Crippen LogP contribution in [0.4, 0.5) is 0 Å². The predicted octanol–water partition coefficient (Wildman–Crippen LogP) is 5.47. The number of hydrogen-bond acceptors (Lipinski definition) is 6. The molecule has 0 amide bonds. The second-order valence-corrected chi connectivity index (χ2v) is 12.4. The van der Waals surface area contributed by atoms with Crippen LogP contribution in [0.25, 0.3) is 11.4 Å². The Kier molecular flexibility index (Phi) is 8.76. The summed E-state index contributed by atoms with van der Waals surface area (Å²) < 4.78 is 40.7. The lowest BCUT2D eigenvalue weighted by Crippen LogP contribution is -2.39. The number of hydrogen-bond donors (Lipinski definition) is 0. The predicted molar refractivity (Wildman–Crippen MR) is 148 cm³/mol.